The van der Waals surface area contributed by atoms with Crippen LogP contribution in [-0.2, 0) is 4.79 Å². The molecular weight excluding hydrogens is 160 g/mol. The average molecular weight is 172 g/mol. The number of rotatable bonds is 1. The van der Waals surface area contributed by atoms with Crippen molar-refractivity contribution in [2.75, 3.05) is 13.1 Å². The van der Waals surface area contributed by atoms with Gasteiger partial charge in [0.25, 0.3) is 0 Å². The average Bonchev–Trinajstić information content (AvgIpc) is 2.04. The Labute approximate surface area is 70.1 Å². The number of aliphatic carboxylic acids is 1. The fraction of sp³-hybridized carbons (Fsp3) is 0.714. The summed E-state index contributed by atoms with van der Waals surface area (Å²) < 4.78 is 0. The van der Waals surface area contributed by atoms with Gasteiger partial charge in [0.2, 0.25) is 0 Å². The lowest BCUT2D eigenvalue weighted by atomic mass is 9.99. The highest BCUT2D eigenvalue weighted by molar-refractivity contribution is 5.75. The number of likely N-dealkylation sites (tertiary alicyclic amines) is 1. The lowest BCUT2D eigenvalue weighted by Gasteiger charge is -2.28. The van der Waals surface area contributed by atoms with E-state index in [-0.39, 0.29) is 6.54 Å². The van der Waals surface area contributed by atoms with E-state index < -0.39 is 17.9 Å². The van der Waals surface area contributed by atoms with E-state index in [0.29, 0.717) is 13.0 Å². The minimum absolute atomic E-state index is 0.255. The number of nitrogens with two attached hydrogens (primary N) is 1. The predicted molar refractivity (Wildman–Crippen MR) is 41.5 cm³/mol. The fourth-order valence-corrected chi connectivity index (χ4v) is 1.38. The summed E-state index contributed by atoms with van der Waals surface area (Å²) in [6.45, 7) is 0.837. The van der Waals surface area contributed by atoms with E-state index in [0.717, 1.165) is 6.42 Å². The van der Waals surface area contributed by atoms with Crippen LogP contribution in [0.2, 0.25) is 0 Å². The summed E-state index contributed by atoms with van der Waals surface area (Å²) in [5.74, 6) is -1.29. The number of piperidine rings is 1. The van der Waals surface area contributed by atoms with Gasteiger partial charge in [0.15, 0.2) is 0 Å². The van der Waals surface area contributed by atoms with E-state index in [2.05, 4.69) is 0 Å². The number of carboxylic acid groups (broad SMARTS) is 1. The van der Waals surface area contributed by atoms with Crippen LogP contribution in [-0.4, -0.2) is 35.1 Å². The molecule has 12 heavy (non-hydrogen) atoms. The molecule has 0 saturated carbocycles. The zero-order chi connectivity index (χ0) is 9.14. The van der Waals surface area contributed by atoms with Crippen LogP contribution in [0.15, 0.2) is 0 Å². The number of hydrogen-bond acceptors (Lipinski definition) is 2. The Hall–Kier alpha value is -1.26. The lowest BCUT2D eigenvalue weighted by molar-refractivity contribution is -0.143. The molecule has 5 nitrogen and oxygen atoms in total. The summed E-state index contributed by atoms with van der Waals surface area (Å²) in [6.07, 6.45) is 1.36. The molecule has 0 spiro atoms. The molecule has 1 aliphatic heterocycles. The first-order valence-electron chi connectivity index (χ1n) is 3.88. The third-order valence-corrected chi connectivity index (χ3v) is 2.08. The molecule has 0 aliphatic carbocycles. The largest absolute Gasteiger partial charge is 0.481 e. The number of urea groups is 1. The Kier molecular flexibility index (Phi) is 2.52. The quantitative estimate of drug-likeness (QED) is 0.577. The first kappa shape index (κ1) is 8.83. The Morgan fingerprint density at radius 1 is 1.50 bits per heavy atom. The number of carboxylic acids is 1. The van der Waals surface area contributed by atoms with Crippen LogP contribution in [0.1, 0.15) is 12.8 Å². The molecule has 0 aromatic rings. The number of amides is 2. The first-order chi connectivity index (χ1) is 5.61. The maximum absolute atomic E-state index is 10.7. The van der Waals surface area contributed by atoms with Crippen LogP contribution in [0.25, 0.3) is 0 Å². The van der Waals surface area contributed by atoms with Crippen molar-refractivity contribution in [3.63, 3.8) is 0 Å². The molecule has 0 aromatic heterocycles. The van der Waals surface area contributed by atoms with Crippen molar-refractivity contribution >= 4 is 12.0 Å². The molecule has 1 rings (SSSR count). The summed E-state index contributed by atoms with van der Waals surface area (Å²) in [5.41, 5.74) is 5.02. The topological polar surface area (TPSA) is 83.6 Å². The number of hydrogen-bond donors (Lipinski definition) is 2. The molecule has 1 atom stereocenters. The number of nitrogens with zero attached hydrogens (tertiary/aromatic N) is 1. The second-order valence-corrected chi connectivity index (χ2v) is 2.96. The Bertz CT molecular complexity index is 185. The van der Waals surface area contributed by atoms with Crippen molar-refractivity contribution in [3.8, 4) is 0 Å². The molecule has 0 bridgehead atoms. The van der Waals surface area contributed by atoms with Crippen molar-refractivity contribution in [2.24, 2.45) is 11.7 Å². The Morgan fingerprint density at radius 3 is 2.67 bits per heavy atom. The Balaban J connectivity index is 2.51. The zero-order valence-electron chi connectivity index (χ0n) is 6.69. The summed E-state index contributed by atoms with van der Waals surface area (Å²) in [4.78, 5) is 22.6. The minimum atomic E-state index is -0.846. The molecule has 5 heteroatoms. The fourth-order valence-electron chi connectivity index (χ4n) is 1.38. The molecular formula is C7H12N2O3. The maximum Gasteiger partial charge on any atom is 0.314 e. The van der Waals surface area contributed by atoms with E-state index >= 15 is 0 Å². The van der Waals surface area contributed by atoms with Crippen LogP contribution < -0.4 is 5.73 Å². The van der Waals surface area contributed by atoms with E-state index in [9.17, 15) is 9.59 Å². The van der Waals surface area contributed by atoms with Gasteiger partial charge in [-0.3, -0.25) is 4.79 Å². The highest BCUT2D eigenvalue weighted by atomic mass is 16.4. The summed E-state index contributed by atoms with van der Waals surface area (Å²) in [7, 11) is 0. The third kappa shape index (κ3) is 1.87. The van der Waals surface area contributed by atoms with Crippen LogP contribution in [0.3, 0.4) is 0 Å². The van der Waals surface area contributed by atoms with Crippen molar-refractivity contribution in [3.05, 3.63) is 0 Å². The monoisotopic (exact) mass is 172 g/mol. The second-order valence-electron chi connectivity index (χ2n) is 2.96. The van der Waals surface area contributed by atoms with E-state index in [4.69, 9.17) is 10.8 Å². The predicted octanol–water partition coefficient (Wildman–Crippen LogP) is -0.138. The highest BCUT2D eigenvalue weighted by Crippen LogP contribution is 2.15. The molecule has 1 heterocycles. The van der Waals surface area contributed by atoms with E-state index in [1.807, 2.05) is 0 Å². The van der Waals surface area contributed by atoms with E-state index in [1.165, 1.54) is 4.90 Å². The van der Waals surface area contributed by atoms with Gasteiger partial charge in [-0.2, -0.15) is 0 Å². The molecule has 0 unspecified atom stereocenters. The van der Waals surface area contributed by atoms with E-state index in [1.54, 1.807) is 0 Å². The van der Waals surface area contributed by atoms with Gasteiger partial charge in [-0.05, 0) is 12.8 Å². The van der Waals surface area contributed by atoms with Gasteiger partial charge in [-0.1, -0.05) is 0 Å². The lowest BCUT2D eigenvalue weighted by Crippen LogP contribution is -2.44. The Morgan fingerprint density at radius 2 is 2.17 bits per heavy atom. The number of carbonyl (C=O) groups is 2. The second kappa shape index (κ2) is 3.42. The van der Waals surface area contributed by atoms with Crippen molar-refractivity contribution in [2.45, 2.75) is 12.8 Å². The van der Waals surface area contributed by atoms with Gasteiger partial charge in [0.05, 0.1) is 5.92 Å². The normalized spacial score (nSPS) is 23.7. The summed E-state index contributed by atoms with van der Waals surface area (Å²) >= 11 is 0. The SMILES string of the molecule is NC(=O)N1CCC[C@H](C(=O)O)C1. The van der Waals surface area contributed by atoms with Crippen molar-refractivity contribution in [1.82, 2.24) is 4.90 Å². The molecule has 1 saturated heterocycles. The van der Waals surface area contributed by atoms with Crippen LogP contribution in [0, 0.1) is 5.92 Å². The van der Waals surface area contributed by atoms with Crippen molar-refractivity contribution in [1.29, 1.82) is 0 Å². The standard InChI is InChI=1S/C7H12N2O3/c8-7(12)9-3-1-2-5(4-9)6(10)11/h5H,1-4H2,(H2,8,12)(H,10,11)/t5-/m0/s1. The van der Waals surface area contributed by atoms with Crippen LogP contribution in [0.5, 0.6) is 0 Å². The van der Waals surface area contributed by atoms with Gasteiger partial charge >= 0.3 is 12.0 Å². The molecule has 1 fully saturated rings. The molecule has 2 amide bonds. The molecule has 3 N–H and O–H groups in total. The van der Waals surface area contributed by atoms with Gasteiger partial charge in [-0.25, -0.2) is 4.79 Å². The van der Waals surface area contributed by atoms with Gasteiger partial charge < -0.3 is 15.7 Å². The number of primary amides is 1. The third-order valence-electron chi connectivity index (χ3n) is 2.08. The van der Waals surface area contributed by atoms with Gasteiger partial charge in [0, 0.05) is 13.1 Å². The summed E-state index contributed by atoms with van der Waals surface area (Å²) in [5, 5.41) is 8.66. The summed E-state index contributed by atoms with van der Waals surface area (Å²) in [6, 6.07) is -0.527. The zero-order valence-corrected chi connectivity index (χ0v) is 6.69. The molecule has 0 radical (unpaired) electrons. The number of carbonyl (C=O) groups excluding carboxylic acids is 1. The molecule has 68 valence electrons. The molecule has 0 aromatic carbocycles. The highest BCUT2D eigenvalue weighted by Gasteiger charge is 2.26. The minimum Gasteiger partial charge on any atom is -0.481 e. The maximum atomic E-state index is 10.7. The van der Waals surface area contributed by atoms with Gasteiger partial charge in [0.1, 0.15) is 0 Å². The van der Waals surface area contributed by atoms with Crippen molar-refractivity contribution < 1.29 is 14.7 Å². The van der Waals surface area contributed by atoms with Gasteiger partial charge in [-0.15, -0.1) is 0 Å². The van der Waals surface area contributed by atoms with Crippen LogP contribution >= 0.6 is 0 Å². The smallest absolute Gasteiger partial charge is 0.314 e. The molecule has 1 aliphatic rings. The van der Waals surface area contributed by atoms with Crippen LogP contribution in [0.4, 0.5) is 4.79 Å². The first-order valence-corrected chi connectivity index (χ1v) is 3.88.